The first-order valence-electron chi connectivity index (χ1n) is 8.71. The average Bonchev–Trinajstić information content (AvgIpc) is 3.03. The Morgan fingerprint density at radius 1 is 1.42 bits per heavy atom. The Hall–Kier alpha value is -1.83. The summed E-state index contributed by atoms with van der Waals surface area (Å²) < 4.78 is 0. The van der Waals surface area contributed by atoms with Crippen molar-refractivity contribution in [2.45, 2.75) is 36.8 Å². The van der Waals surface area contributed by atoms with Gasteiger partial charge in [-0.05, 0) is 25.5 Å². The summed E-state index contributed by atoms with van der Waals surface area (Å²) in [6, 6.07) is 7.44. The van der Waals surface area contributed by atoms with Crippen LogP contribution in [0.25, 0.3) is 0 Å². The summed E-state index contributed by atoms with van der Waals surface area (Å²) in [4.78, 5) is 19.0. The number of carbonyl (C=O) groups is 1. The second-order valence-electron chi connectivity index (χ2n) is 6.91. The average molecular weight is 375 g/mol. The molecule has 0 spiro atoms. The van der Waals surface area contributed by atoms with Gasteiger partial charge in [0.1, 0.15) is 6.10 Å². The molecule has 1 amide bonds. The lowest BCUT2D eigenvalue weighted by molar-refractivity contribution is -0.138. The molecule has 1 aliphatic heterocycles. The Labute approximate surface area is 158 Å². The molecule has 6 nitrogen and oxygen atoms in total. The molecule has 140 valence electrons. The number of amides is 1. The number of anilines is 1. The molecule has 0 radical (unpaired) electrons. The molecule has 5 atom stereocenters. The van der Waals surface area contributed by atoms with Crippen molar-refractivity contribution in [3.63, 3.8) is 0 Å². The number of hydrogen-bond donors (Lipinski definition) is 3. The zero-order valence-electron chi connectivity index (χ0n) is 15.0. The number of aliphatic imine (C=N–C) groups is 1. The topological polar surface area (TPSA) is 85.2 Å². The molecule has 1 saturated carbocycles. The van der Waals surface area contributed by atoms with Crippen molar-refractivity contribution in [2.24, 2.45) is 10.9 Å². The first kappa shape index (κ1) is 18.9. The van der Waals surface area contributed by atoms with E-state index < -0.39 is 24.2 Å². The van der Waals surface area contributed by atoms with E-state index in [1.165, 1.54) is 17.3 Å². The Bertz CT molecular complexity index is 706. The van der Waals surface area contributed by atoms with Gasteiger partial charge in [0.2, 0.25) is 5.91 Å². The van der Waals surface area contributed by atoms with Crippen LogP contribution in [0, 0.1) is 12.8 Å². The van der Waals surface area contributed by atoms with Crippen LogP contribution in [0.4, 0.5) is 5.69 Å². The monoisotopic (exact) mass is 375 g/mol. The van der Waals surface area contributed by atoms with Gasteiger partial charge >= 0.3 is 0 Å². The van der Waals surface area contributed by atoms with Gasteiger partial charge in [0.25, 0.3) is 0 Å². The predicted octanol–water partition coefficient (Wildman–Crippen LogP) is 1.63. The minimum Gasteiger partial charge on any atom is -0.390 e. The SMILES string of the molecule is C=CCN(C)C(=O)[C@H]1C[C@@H](O)[C@H](O)[C@H]2N=C(Nc3ccc(C)cc3)S[C@@H]21. The Kier molecular flexibility index (Phi) is 5.70. The fourth-order valence-corrected chi connectivity index (χ4v) is 4.79. The number of fused-ring (bicyclic) bond motifs is 1. The zero-order chi connectivity index (χ0) is 18.8. The number of thioether (sulfide) groups is 1. The molecule has 3 N–H and O–H groups in total. The molecule has 1 aromatic carbocycles. The fraction of sp³-hybridized carbons (Fsp3) is 0.474. The van der Waals surface area contributed by atoms with Crippen molar-refractivity contribution in [3.05, 3.63) is 42.5 Å². The van der Waals surface area contributed by atoms with Gasteiger partial charge in [0.05, 0.1) is 18.1 Å². The van der Waals surface area contributed by atoms with E-state index in [0.29, 0.717) is 11.7 Å². The highest BCUT2D eigenvalue weighted by atomic mass is 32.2. The predicted molar refractivity (Wildman–Crippen MR) is 105 cm³/mol. The van der Waals surface area contributed by atoms with Gasteiger partial charge in [-0.3, -0.25) is 9.79 Å². The molecule has 0 unspecified atom stereocenters. The van der Waals surface area contributed by atoms with Crippen LogP contribution in [0.2, 0.25) is 0 Å². The number of hydrogen-bond acceptors (Lipinski definition) is 6. The van der Waals surface area contributed by atoms with Gasteiger partial charge in [-0.25, -0.2) is 0 Å². The van der Waals surface area contributed by atoms with Gasteiger partial charge in [0.15, 0.2) is 5.17 Å². The molecule has 0 aromatic heterocycles. The lowest BCUT2D eigenvalue weighted by Crippen LogP contribution is -2.54. The maximum absolute atomic E-state index is 12.8. The quantitative estimate of drug-likeness (QED) is 0.697. The Morgan fingerprint density at radius 2 is 2.12 bits per heavy atom. The normalized spacial score (nSPS) is 30.3. The highest BCUT2D eigenvalue weighted by Crippen LogP contribution is 2.42. The molecule has 0 bridgehead atoms. The fourth-order valence-electron chi connectivity index (χ4n) is 3.42. The van der Waals surface area contributed by atoms with Crippen LogP contribution in [0.15, 0.2) is 41.9 Å². The minimum atomic E-state index is -0.960. The molecule has 0 saturated heterocycles. The summed E-state index contributed by atoms with van der Waals surface area (Å²) in [6.07, 6.45) is -0.00114. The third-order valence-corrected chi connectivity index (χ3v) is 6.20. The summed E-state index contributed by atoms with van der Waals surface area (Å²) in [5, 5.41) is 24.3. The van der Waals surface area contributed by atoms with Crippen LogP contribution in [-0.4, -0.2) is 63.3 Å². The molecule has 2 aliphatic rings. The lowest BCUT2D eigenvalue weighted by Gasteiger charge is -2.38. The number of benzene rings is 1. The highest BCUT2D eigenvalue weighted by Gasteiger charge is 2.50. The highest BCUT2D eigenvalue weighted by molar-refractivity contribution is 8.15. The third-order valence-electron chi connectivity index (χ3n) is 4.89. The molecule has 1 aromatic rings. The molecule has 1 aliphatic carbocycles. The van der Waals surface area contributed by atoms with E-state index in [2.05, 4.69) is 16.9 Å². The van der Waals surface area contributed by atoms with Crippen molar-refractivity contribution in [1.82, 2.24) is 4.90 Å². The van der Waals surface area contributed by atoms with E-state index in [-0.39, 0.29) is 17.6 Å². The van der Waals surface area contributed by atoms with Crippen molar-refractivity contribution in [1.29, 1.82) is 0 Å². The Balaban J connectivity index is 1.77. The summed E-state index contributed by atoms with van der Waals surface area (Å²) >= 11 is 1.47. The standard InChI is InChI=1S/C19H25N3O3S/c1-4-9-22(3)18(25)13-10-14(23)16(24)15-17(13)26-19(21-15)20-12-7-5-11(2)6-8-12/h4-8,13-17,23-24H,1,9-10H2,2-3H3,(H,20,21)/t13-,14+,15+,16-,17+/m0/s1. The second kappa shape index (κ2) is 7.82. The van der Waals surface area contributed by atoms with Crippen LogP contribution < -0.4 is 5.32 Å². The molecular weight excluding hydrogens is 350 g/mol. The number of amidine groups is 1. The van der Waals surface area contributed by atoms with E-state index in [0.717, 1.165) is 5.69 Å². The number of likely N-dealkylation sites (N-methyl/N-ethyl adjacent to an activating group) is 1. The van der Waals surface area contributed by atoms with Crippen LogP contribution in [0.5, 0.6) is 0 Å². The number of nitrogens with zero attached hydrogens (tertiary/aromatic N) is 2. The summed E-state index contributed by atoms with van der Waals surface area (Å²) in [6.45, 7) is 6.14. The second-order valence-corrected chi connectivity index (χ2v) is 8.07. The van der Waals surface area contributed by atoms with E-state index in [9.17, 15) is 15.0 Å². The van der Waals surface area contributed by atoms with E-state index in [4.69, 9.17) is 0 Å². The summed E-state index contributed by atoms with van der Waals surface area (Å²) in [5.41, 5.74) is 2.07. The first-order chi connectivity index (χ1) is 12.4. The number of aliphatic hydroxyl groups is 2. The lowest BCUT2D eigenvalue weighted by atomic mass is 9.80. The van der Waals surface area contributed by atoms with E-state index in [1.54, 1.807) is 18.0 Å². The van der Waals surface area contributed by atoms with E-state index in [1.807, 2.05) is 31.2 Å². The first-order valence-corrected chi connectivity index (χ1v) is 9.59. The van der Waals surface area contributed by atoms with Gasteiger partial charge in [-0.15, -0.1) is 6.58 Å². The van der Waals surface area contributed by atoms with Gasteiger partial charge < -0.3 is 20.4 Å². The maximum Gasteiger partial charge on any atom is 0.227 e. The van der Waals surface area contributed by atoms with Gasteiger partial charge in [-0.1, -0.05) is 35.5 Å². The van der Waals surface area contributed by atoms with Gasteiger partial charge in [0, 0.05) is 24.5 Å². The molecule has 26 heavy (non-hydrogen) atoms. The van der Waals surface area contributed by atoms with Crippen LogP contribution in [0.1, 0.15) is 12.0 Å². The van der Waals surface area contributed by atoms with Crippen LogP contribution >= 0.6 is 11.8 Å². The number of nitrogens with one attached hydrogen (secondary N) is 1. The van der Waals surface area contributed by atoms with Crippen molar-refractivity contribution in [2.75, 3.05) is 18.9 Å². The number of carbonyl (C=O) groups excluding carboxylic acids is 1. The number of aliphatic hydroxyl groups excluding tert-OH is 2. The smallest absolute Gasteiger partial charge is 0.227 e. The molecule has 3 rings (SSSR count). The van der Waals surface area contributed by atoms with Crippen molar-refractivity contribution < 1.29 is 15.0 Å². The molecule has 1 fully saturated rings. The minimum absolute atomic E-state index is 0.0508. The third kappa shape index (κ3) is 3.79. The molecular formula is C19H25N3O3S. The molecule has 1 heterocycles. The summed E-state index contributed by atoms with van der Waals surface area (Å²) in [5.74, 6) is -0.445. The van der Waals surface area contributed by atoms with Crippen LogP contribution in [0.3, 0.4) is 0 Å². The maximum atomic E-state index is 12.8. The largest absolute Gasteiger partial charge is 0.390 e. The number of aryl methyl sites for hydroxylation is 1. The molecule has 7 heteroatoms. The van der Waals surface area contributed by atoms with E-state index >= 15 is 0 Å². The number of rotatable bonds is 4. The summed E-state index contributed by atoms with van der Waals surface area (Å²) in [7, 11) is 1.72. The van der Waals surface area contributed by atoms with Gasteiger partial charge in [-0.2, -0.15) is 0 Å². The zero-order valence-corrected chi connectivity index (χ0v) is 15.8. The van der Waals surface area contributed by atoms with Crippen molar-refractivity contribution in [3.8, 4) is 0 Å². The Morgan fingerprint density at radius 3 is 2.77 bits per heavy atom. The van der Waals surface area contributed by atoms with Crippen molar-refractivity contribution >= 4 is 28.5 Å². The van der Waals surface area contributed by atoms with Crippen LogP contribution in [-0.2, 0) is 4.79 Å².